The molecule has 1 fully saturated rings. The van der Waals surface area contributed by atoms with Gasteiger partial charge in [0.15, 0.2) is 0 Å². The summed E-state index contributed by atoms with van der Waals surface area (Å²) in [4.78, 5) is 39.2. The molecule has 5 rings (SSSR count). The van der Waals surface area contributed by atoms with Crippen molar-refractivity contribution in [2.24, 2.45) is 0 Å². The summed E-state index contributed by atoms with van der Waals surface area (Å²) in [6, 6.07) is 19.1. The number of H-pyrrole nitrogens is 1. The summed E-state index contributed by atoms with van der Waals surface area (Å²) in [7, 11) is 0. The topological polar surface area (TPSA) is 99.8 Å². The highest BCUT2D eigenvalue weighted by Crippen LogP contribution is 2.38. The highest BCUT2D eigenvalue weighted by atomic mass is 16.2. The van der Waals surface area contributed by atoms with Crippen molar-refractivity contribution in [3.05, 3.63) is 96.2 Å². The number of benzene rings is 1. The van der Waals surface area contributed by atoms with Crippen LogP contribution in [0.3, 0.4) is 0 Å². The van der Waals surface area contributed by atoms with E-state index in [1.807, 2.05) is 48.8 Å². The summed E-state index contributed by atoms with van der Waals surface area (Å²) in [6.07, 6.45) is 11.0. The molecule has 1 aliphatic rings. The Morgan fingerprint density at radius 2 is 1.68 bits per heavy atom. The number of pyridine rings is 2. The van der Waals surface area contributed by atoms with Crippen LogP contribution < -0.4 is 10.6 Å². The van der Waals surface area contributed by atoms with Gasteiger partial charge < -0.3 is 15.6 Å². The zero-order valence-electron chi connectivity index (χ0n) is 21.2. The van der Waals surface area contributed by atoms with Gasteiger partial charge in [-0.3, -0.25) is 19.6 Å². The third kappa shape index (κ3) is 5.26. The molecule has 0 radical (unpaired) electrons. The standard InChI is InChI=1S/C30H33N5O2/c1-29(35-27(36)25-13-5-9-17-31-25,19-22-20-33-24-12-4-3-11-23(22)24)28(37)34-21-30(15-7-2-8-16-30)26-14-6-10-18-32-26/h3-6,9-14,17-18,20,33H,2,7-8,15-16,19,21H2,1H3,(H,34,37)(H,35,36)/t29-/m0/s1. The second-order valence-corrected chi connectivity index (χ2v) is 10.3. The summed E-state index contributed by atoms with van der Waals surface area (Å²) >= 11 is 0. The van der Waals surface area contributed by atoms with Crippen molar-refractivity contribution < 1.29 is 9.59 Å². The molecule has 1 aromatic carbocycles. The molecule has 4 aromatic rings. The van der Waals surface area contributed by atoms with Gasteiger partial charge in [-0.15, -0.1) is 0 Å². The third-order valence-corrected chi connectivity index (χ3v) is 7.61. The van der Waals surface area contributed by atoms with E-state index >= 15 is 0 Å². The second-order valence-electron chi connectivity index (χ2n) is 10.3. The lowest BCUT2D eigenvalue weighted by Crippen LogP contribution is -2.60. The van der Waals surface area contributed by atoms with Gasteiger partial charge in [0, 0.05) is 53.6 Å². The van der Waals surface area contributed by atoms with Crippen molar-refractivity contribution in [2.45, 2.75) is 56.4 Å². The van der Waals surface area contributed by atoms with Crippen LogP contribution >= 0.6 is 0 Å². The molecule has 7 nitrogen and oxygen atoms in total. The number of carbonyl (C=O) groups is 2. The van der Waals surface area contributed by atoms with Gasteiger partial charge in [-0.2, -0.15) is 0 Å². The second kappa shape index (κ2) is 10.5. The monoisotopic (exact) mass is 495 g/mol. The summed E-state index contributed by atoms with van der Waals surface area (Å²) in [5.41, 5.74) is 1.85. The summed E-state index contributed by atoms with van der Waals surface area (Å²) in [5, 5.41) is 7.27. The molecule has 0 bridgehead atoms. The van der Waals surface area contributed by atoms with Crippen LogP contribution in [-0.4, -0.2) is 38.8 Å². The zero-order chi connectivity index (χ0) is 25.7. The number of aromatic amines is 1. The van der Waals surface area contributed by atoms with Gasteiger partial charge in [0.2, 0.25) is 5.91 Å². The minimum atomic E-state index is -1.19. The van der Waals surface area contributed by atoms with Crippen LogP contribution in [0.2, 0.25) is 0 Å². The Morgan fingerprint density at radius 3 is 2.41 bits per heavy atom. The van der Waals surface area contributed by atoms with E-state index in [1.54, 1.807) is 31.3 Å². The van der Waals surface area contributed by atoms with Crippen LogP contribution in [-0.2, 0) is 16.6 Å². The van der Waals surface area contributed by atoms with Crippen LogP contribution in [0.15, 0.2) is 79.3 Å². The van der Waals surface area contributed by atoms with Gasteiger partial charge in [-0.05, 0) is 55.7 Å². The van der Waals surface area contributed by atoms with Crippen LogP contribution in [0.1, 0.15) is 60.8 Å². The predicted molar refractivity (Wildman–Crippen MR) is 144 cm³/mol. The lowest BCUT2D eigenvalue weighted by Gasteiger charge is -2.38. The minimum Gasteiger partial charge on any atom is -0.361 e. The van der Waals surface area contributed by atoms with Crippen LogP contribution in [0.4, 0.5) is 0 Å². The molecule has 0 spiro atoms. The Labute approximate surface area is 217 Å². The molecule has 3 aromatic heterocycles. The minimum absolute atomic E-state index is 0.206. The molecule has 0 aliphatic heterocycles. The largest absolute Gasteiger partial charge is 0.361 e. The molecule has 1 saturated carbocycles. The van der Waals surface area contributed by atoms with E-state index in [2.05, 4.69) is 31.7 Å². The van der Waals surface area contributed by atoms with E-state index in [9.17, 15) is 9.59 Å². The molecular formula is C30H33N5O2. The van der Waals surface area contributed by atoms with Crippen molar-refractivity contribution >= 4 is 22.7 Å². The first-order valence-corrected chi connectivity index (χ1v) is 13.0. The van der Waals surface area contributed by atoms with Crippen molar-refractivity contribution in [3.8, 4) is 0 Å². The number of fused-ring (bicyclic) bond motifs is 1. The molecular weight excluding hydrogens is 462 g/mol. The van der Waals surface area contributed by atoms with Crippen molar-refractivity contribution in [1.82, 2.24) is 25.6 Å². The van der Waals surface area contributed by atoms with E-state index in [1.165, 1.54) is 6.42 Å². The Hall–Kier alpha value is -4.00. The number of hydrogen-bond acceptors (Lipinski definition) is 4. The van der Waals surface area contributed by atoms with Gasteiger partial charge in [0.1, 0.15) is 11.2 Å². The Morgan fingerprint density at radius 1 is 0.946 bits per heavy atom. The molecule has 37 heavy (non-hydrogen) atoms. The molecule has 3 N–H and O–H groups in total. The highest BCUT2D eigenvalue weighted by Gasteiger charge is 2.40. The fraction of sp³-hybridized carbons (Fsp3) is 0.333. The number of carbonyl (C=O) groups excluding carboxylic acids is 2. The van der Waals surface area contributed by atoms with Gasteiger partial charge in [-0.1, -0.05) is 49.6 Å². The molecule has 3 heterocycles. The fourth-order valence-corrected chi connectivity index (χ4v) is 5.52. The summed E-state index contributed by atoms with van der Waals surface area (Å²) in [5.74, 6) is -0.599. The van der Waals surface area contributed by atoms with E-state index in [0.717, 1.165) is 47.8 Å². The van der Waals surface area contributed by atoms with Crippen LogP contribution in [0.25, 0.3) is 10.9 Å². The lowest BCUT2D eigenvalue weighted by molar-refractivity contribution is -0.127. The Balaban J connectivity index is 1.42. The quantitative estimate of drug-likeness (QED) is 0.330. The van der Waals surface area contributed by atoms with Crippen molar-refractivity contribution in [3.63, 3.8) is 0 Å². The average Bonchev–Trinajstić information content (AvgIpc) is 3.35. The third-order valence-electron chi connectivity index (χ3n) is 7.61. The van der Waals surface area contributed by atoms with Gasteiger partial charge in [-0.25, -0.2) is 0 Å². The molecule has 7 heteroatoms. The first kappa shape index (κ1) is 24.7. The maximum atomic E-state index is 13.9. The maximum Gasteiger partial charge on any atom is 0.270 e. The van der Waals surface area contributed by atoms with Crippen LogP contribution in [0.5, 0.6) is 0 Å². The van der Waals surface area contributed by atoms with Crippen molar-refractivity contribution in [2.75, 3.05) is 6.54 Å². The van der Waals surface area contributed by atoms with E-state index < -0.39 is 5.54 Å². The molecule has 190 valence electrons. The Bertz CT molecular complexity index is 1360. The number of aromatic nitrogens is 3. The number of nitrogens with zero attached hydrogens (tertiary/aromatic N) is 2. The molecule has 0 saturated heterocycles. The van der Waals surface area contributed by atoms with E-state index in [-0.39, 0.29) is 22.9 Å². The van der Waals surface area contributed by atoms with Crippen LogP contribution in [0, 0.1) is 0 Å². The smallest absolute Gasteiger partial charge is 0.270 e. The van der Waals surface area contributed by atoms with E-state index in [4.69, 9.17) is 0 Å². The summed E-state index contributed by atoms with van der Waals surface area (Å²) in [6.45, 7) is 2.27. The lowest BCUT2D eigenvalue weighted by atomic mass is 9.71. The van der Waals surface area contributed by atoms with Gasteiger partial charge >= 0.3 is 0 Å². The maximum absolute atomic E-state index is 13.9. The van der Waals surface area contributed by atoms with Crippen molar-refractivity contribution in [1.29, 1.82) is 0 Å². The molecule has 1 atom stereocenters. The number of para-hydroxylation sites is 1. The number of hydrogen-bond donors (Lipinski definition) is 3. The predicted octanol–water partition coefficient (Wildman–Crippen LogP) is 4.71. The number of nitrogens with one attached hydrogen (secondary N) is 3. The first-order valence-electron chi connectivity index (χ1n) is 13.0. The fourth-order valence-electron chi connectivity index (χ4n) is 5.52. The number of rotatable bonds is 8. The first-order chi connectivity index (χ1) is 18.0. The molecule has 2 amide bonds. The SMILES string of the molecule is C[C@@](Cc1c[nH]c2ccccc12)(NC(=O)c1ccccn1)C(=O)NCC1(c2ccccn2)CCCCC1. The number of amides is 2. The molecule has 1 aliphatic carbocycles. The molecule has 0 unspecified atom stereocenters. The Kier molecular flexibility index (Phi) is 7.04. The van der Waals surface area contributed by atoms with Gasteiger partial charge in [0.05, 0.1) is 0 Å². The normalized spacial score (nSPS) is 16.6. The average molecular weight is 496 g/mol. The summed E-state index contributed by atoms with van der Waals surface area (Å²) < 4.78 is 0. The van der Waals surface area contributed by atoms with Gasteiger partial charge in [0.25, 0.3) is 5.91 Å². The zero-order valence-corrected chi connectivity index (χ0v) is 21.2. The van der Waals surface area contributed by atoms with E-state index in [0.29, 0.717) is 13.0 Å². The highest BCUT2D eigenvalue weighted by molar-refractivity contribution is 5.98.